The molecule has 116 heavy (non-hydrogen) atoms. The van der Waals surface area contributed by atoms with Gasteiger partial charge in [0.2, 0.25) is 0 Å². The topological polar surface area (TPSA) is 172 Å². The van der Waals surface area contributed by atoms with Crippen LogP contribution in [0.1, 0.15) is 102 Å². The fourth-order valence-electron chi connectivity index (χ4n) is 16.1. The van der Waals surface area contributed by atoms with Gasteiger partial charge in [-0.2, -0.15) is 0 Å². The van der Waals surface area contributed by atoms with E-state index < -0.39 is 0 Å². The van der Waals surface area contributed by atoms with E-state index in [9.17, 15) is 0 Å². The second-order valence-electron chi connectivity index (χ2n) is 28.5. The van der Waals surface area contributed by atoms with Crippen molar-refractivity contribution in [3.05, 3.63) is 356 Å². The third-order valence-electron chi connectivity index (χ3n) is 21.6. The maximum Gasteiger partial charge on any atom is 0.0815 e. The van der Waals surface area contributed by atoms with E-state index >= 15 is 0 Å². The van der Waals surface area contributed by atoms with E-state index in [4.69, 9.17) is 42.8 Å². The van der Waals surface area contributed by atoms with E-state index in [1.807, 2.05) is 146 Å². The third kappa shape index (κ3) is 12.1. The van der Waals surface area contributed by atoms with Gasteiger partial charge in [0.1, 0.15) is 0 Å². The lowest BCUT2D eigenvalue weighted by Gasteiger charge is -2.05. The number of aromatic nitrogens is 12. The van der Waals surface area contributed by atoms with Crippen molar-refractivity contribution in [3.63, 3.8) is 0 Å². The molecule has 15 heterocycles. The summed E-state index contributed by atoms with van der Waals surface area (Å²) >= 11 is 0. The minimum Gasteiger partial charge on any atom is -0.354 e. The summed E-state index contributed by atoms with van der Waals surface area (Å²) < 4.78 is 0. The van der Waals surface area contributed by atoms with Crippen LogP contribution >= 0.6 is 0 Å². The molecule has 0 saturated carbocycles. The van der Waals surface area contributed by atoms with Crippen LogP contribution in [0.2, 0.25) is 0 Å². The second-order valence-corrected chi connectivity index (χ2v) is 28.5. The molecule has 21 rings (SSSR count). The van der Waals surface area contributed by atoms with E-state index in [1.165, 1.54) is 0 Å². The molecule has 6 aliphatic rings. The fourth-order valence-corrected chi connectivity index (χ4v) is 16.1. The van der Waals surface area contributed by atoms with Gasteiger partial charge < -0.3 is 29.9 Å². The van der Waals surface area contributed by atoms with Gasteiger partial charge in [0.25, 0.3) is 0 Å². The number of aromatic amines is 6. The quantitative estimate of drug-likeness (QED) is 0.0905. The van der Waals surface area contributed by atoms with Crippen LogP contribution in [0.3, 0.4) is 0 Å². The molecule has 538 valence electrons. The van der Waals surface area contributed by atoms with Gasteiger partial charge >= 0.3 is 0 Å². The van der Waals surface area contributed by atoms with Crippen molar-refractivity contribution >= 4 is 139 Å². The SMILES string of the molecule is C#Cc1c2nc(c(-c3ccccc3)c3ccc([nH]3)c(C#Cc3c4nc(c(C#Cc5c6nc(c(-c7ccccc7)c7ccc([nH]7)c(C#C)c7nc(c(-c8ccccc8)c8ccc5[nH]8)C=C7)C=C6)c5ccc([nH]5)c(-c5ccccc5)c5nc(c(-c6ccccc6)c6ccc3[nH]6)C=C5)C=C4)c3nc(c(-c4ccccc4)c4ccc1[nH]4)C=C3)C=C2. The molecule has 0 amide bonds. The van der Waals surface area contributed by atoms with Gasteiger partial charge in [-0.25, -0.2) is 29.9 Å². The molecular weight excluding hydrogens is 1420 g/mol. The Morgan fingerprint density at radius 3 is 0.500 bits per heavy atom. The van der Waals surface area contributed by atoms with Crippen LogP contribution < -0.4 is 0 Å². The summed E-state index contributed by atoms with van der Waals surface area (Å²) in [6, 6.07) is 86.8. The molecule has 6 aromatic carbocycles. The first-order valence-electron chi connectivity index (χ1n) is 38.2. The molecule has 0 radical (unpaired) electrons. The average molecular weight is 1480 g/mol. The molecule has 24 bridgehead atoms. The highest BCUT2D eigenvalue weighted by molar-refractivity contribution is 6.01. The molecule has 0 unspecified atom stereocenters. The van der Waals surface area contributed by atoms with Crippen LogP contribution in [0.25, 0.3) is 206 Å². The predicted octanol–water partition coefficient (Wildman–Crippen LogP) is 23.4. The summed E-state index contributed by atoms with van der Waals surface area (Å²) in [4.78, 5) is 56.0. The van der Waals surface area contributed by atoms with Crippen LogP contribution in [-0.2, 0) is 0 Å². The summed E-state index contributed by atoms with van der Waals surface area (Å²) in [5.74, 6) is 21.1. The molecule has 6 aliphatic heterocycles. The second kappa shape index (κ2) is 28.3. The lowest BCUT2D eigenvalue weighted by Crippen LogP contribution is -1.91. The zero-order valence-corrected chi connectivity index (χ0v) is 62.0. The summed E-state index contributed by atoms with van der Waals surface area (Å²) in [5, 5.41) is 0. The maximum atomic E-state index is 6.41. The molecule has 9 aromatic heterocycles. The number of rotatable bonds is 6. The standard InChI is InChI=1S/C104H62N12/c1-3-69-75-41-51-87(106-75)99(63-23-11-5-12-24-63)91-55-47-83(112-91)73(84-48-56-92(113-84)100(64-25-13-6-14-26-64)88-52-42-76(69)107-88)37-35-71-79-39-40-80(105-79)72(82-46-60-96(111-82)104(68-33-21-10-22-34-68)98-62-61-97(116-98)103(67-31-19-9-20-32-67)95-59-45-81(71)110-95)36-38-74-85-49-57-93(114-85)101(65-27-15-7-16-28-65)89-53-43-77(108-89)70(4-2)78-44-54-90(109-78)102(66-29-17-8-18-30-66)94-58-50-86(74)115-94/h1-2,5-34,39-62,106,108,110-111,113,115H. The monoisotopic (exact) mass is 1480 g/mol. The number of hydrogen-bond acceptors (Lipinski definition) is 6. The van der Waals surface area contributed by atoms with Crippen LogP contribution in [0.5, 0.6) is 0 Å². The molecule has 6 N–H and O–H groups in total. The highest BCUT2D eigenvalue weighted by Gasteiger charge is 2.23. The van der Waals surface area contributed by atoms with Gasteiger partial charge in [-0.15, -0.1) is 12.8 Å². The molecule has 0 saturated heterocycles. The van der Waals surface area contributed by atoms with Gasteiger partial charge in [0, 0.05) is 66.5 Å². The number of hydrogen-bond donors (Lipinski definition) is 6. The molecular formula is C104H62N12. The molecule has 0 atom stereocenters. The third-order valence-corrected chi connectivity index (χ3v) is 21.6. The Labute approximate surface area is 666 Å². The molecule has 0 fully saturated rings. The van der Waals surface area contributed by atoms with Crippen LogP contribution in [0.4, 0.5) is 0 Å². The van der Waals surface area contributed by atoms with Gasteiger partial charge in [-0.3, -0.25) is 0 Å². The van der Waals surface area contributed by atoms with E-state index in [2.05, 4.69) is 247 Å². The van der Waals surface area contributed by atoms with Gasteiger partial charge in [-0.1, -0.05) is 218 Å². The first-order valence-corrected chi connectivity index (χ1v) is 38.2. The largest absolute Gasteiger partial charge is 0.354 e. The zero-order valence-electron chi connectivity index (χ0n) is 62.0. The number of benzene rings is 6. The van der Waals surface area contributed by atoms with Crippen LogP contribution in [-0.4, -0.2) is 59.8 Å². The number of nitrogens with zero attached hydrogens (tertiary/aromatic N) is 6. The lowest BCUT2D eigenvalue weighted by molar-refractivity contribution is 1.29. The van der Waals surface area contributed by atoms with Crippen molar-refractivity contribution in [3.8, 4) is 115 Å². The number of H-pyrrole nitrogens is 6. The van der Waals surface area contributed by atoms with E-state index in [0.29, 0.717) is 67.5 Å². The van der Waals surface area contributed by atoms with E-state index in [-0.39, 0.29) is 0 Å². The summed E-state index contributed by atoms with van der Waals surface area (Å²) in [5.41, 5.74) is 32.7. The molecule has 12 nitrogen and oxygen atoms in total. The highest BCUT2D eigenvalue weighted by Crippen LogP contribution is 2.41. The average Bonchev–Trinajstić information content (AvgIpc) is 1.62. The Morgan fingerprint density at radius 2 is 0.310 bits per heavy atom. The van der Waals surface area contributed by atoms with Gasteiger partial charge in [0.05, 0.1) is 135 Å². The number of nitrogens with one attached hydrogen (secondary N) is 6. The highest BCUT2D eigenvalue weighted by atomic mass is 14.8. The Bertz CT molecular complexity index is 7160. The molecule has 15 aromatic rings. The van der Waals surface area contributed by atoms with Crippen molar-refractivity contribution in [2.24, 2.45) is 0 Å². The first-order chi connectivity index (χ1) is 57.4. The molecule has 0 spiro atoms. The zero-order chi connectivity index (χ0) is 77.2. The molecule has 12 heteroatoms. The van der Waals surface area contributed by atoms with Crippen molar-refractivity contribution in [2.75, 3.05) is 0 Å². The molecule has 0 aliphatic carbocycles. The van der Waals surface area contributed by atoms with E-state index in [1.54, 1.807) is 0 Å². The Balaban J connectivity index is 0.861. The number of fused-ring (bicyclic) bond motifs is 24. The van der Waals surface area contributed by atoms with Crippen molar-refractivity contribution < 1.29 is 0 Å². The minimum atomic E-state index is 0.594. The fraction of sp³-hybridized carbons (Fsp3) is 0. The normalized spacial score (nSPS) is 12.1. The Kier molecular flexibility index (Phi) is 16.5. The first kappa shape index (κ1) is 67.5. The van der Waals surface area contributed by atoms with Crippen molar-refractivity contribution in [1.29, 1.82) is 0 Å². The smallest absolute Gasteiger partial charge is 0.0815 e. The van der Waals surface area contributed by atoms with Gasteiger partial charge in [0.15, 0.2) is 0 Å². The minimum absolute atomic E-state index is 0.594. The Morgan fingerprint density at radius 1 is 0.164 bits per heavy atom. The summed E-state index contributed by atoms with van der Waals surface area (Å²) in [7, 11) is 0. The summed E-state index contributed by atoms with van der Waals surface area (Å²) in [6.07, 6.45) is 37.4. The number of terminal acetylenes is 2. The van der Waals surface area contributed by atoms with Crippen molar-refractivity contribution in [2.45, 2.75) is 0 Å². The Hall–Kier alpha value is -16.6. The predicted molar refractivity (Wildman–Crippen MR) is 477 cm³/mol. The van der Waals surface area contributed by atoms with Crippen molar-refractivity contribution in [1.82, 2.24) is 59.8 Å². The van der Waals surface area contributed by atoms with Crippen LogP contribution in [0, 0.1) is 48.4 Å². The van der Waals surface area contributed by atoms with E-state index in [0.717, 1.165) is 167 Å². The summed E-state index contributed by atoms with van der Waals surface area (Å²) in [6.45, 7) is 0. The van der Waals surface area contributed by atoms with Gasteiger partial charge in [-0.05, 0) is 179 Å². The maximum absolute atomic E-state index is 6.41. The lowest BCUT2D eigenvalue weighted by atomic mass is 10.0. The van der Waals surface area contributed by atoms with Crippen LogP contribution in [0.15, 0.2) is 255 Å².